The van der Waals surface area contributed by atoms with E-state index in [1.807, 2.05) is 54.4 Å². The normalized spacial score (nSPS) is 17.4. The van der Waals surface area contributed by atoms with Gasteiger partial charge in [0.2, 0.25) is 0 Å². The van der Waals surface area contributed by atoms with Crippen LogP contribution >= 0.6 is 0 Å². The van der Waals surface area contributed by atoms with Gasteiger partial charge in [-0.25, -0.2) is 4.98 Å². The molecule has 1 fully saturated rings. The number of nitrogens with one attached hydrogen (secondary N) is 1. The molecule has 6 heteroatoms. The molecule has 1 aliphatic heterocycles. The van der Waals surface area contributed by atoms with Gasteiger partial charge in [0.05, 0.1) is 25.5 Å². The zero-order valence-corrected chi connectivity index (χ0v) is 14.6. The third-order valence-corrected chi connectivity index (χ3v) is 4.20. The first-order chi connectivity index (χ1) is 12.2. The minimum absolute atomic E-state index is 0.0102. The number of morpholine rings is 1. The lowest BCUT2D eigenvalue weighted by Gasteiger charge is -2.33. The summed E-state index contributed by atoms with van der Waals surface area (Å²) in [7, 11) is 3.48. The number of methoxy groups -OCH3 is 1. The second-order valence-electron chi connectivity index (χ2n) is 5.94. The van der Waals surface area contributed by atoms with Gasteiger partial charge in [-0.2, -0.15) is 0 Å². The summed E-state index contributed by atoms with van der Waals surface area (Å²) in [5.41, 5.74) is 2.49. The maximum Gasteiger partial charge on any atom is 0.254 e. The van der Waals surface area contributed by atoms with E-state index in [2.05, 4.69) is 10.3 Å². The standard InChI is InChI=1S/C19H23N3O3/c1-20-18-8-4-7-16(21-18)17-12-22(9-10-25-17)19(23)15-6-3-5-14(11-15)13-24-2/h3-8,11,17H,9-10,12-13H2,1-2H3,(H,20,21). The highest BCUT2D eigenvalue weighted by Crippen LogP contribution is 2.23. The minimum Gasteiger partial charge on any atom is -0.380 e. The van der Waals surface area contributed by atoms with Gasteiger partial charge in [-0.05, 0) is 29.8 Å². The highest BCUT2D eigenvalue weighted by Gasteiger charge is 2.27. The molecule has 0 radical (unpaired) electrons. The molecule has 3 rings (SSSR count). The lowest BCUT2D eigenvalue weighted by molar-refractivity contribution is -0.0246. The van der Waals surface area contributed by atoms with Crippen LogP contribution in [0.5, 0.6) is 0 Å². The van der Waals surface area contributed by atoms with Gasteiger partial charge in [0.25, 0.3) is 5.91 Å². The van der Waals surface area contributed by atoms with Crippen LogP contribution in [-0.4, -0.2) is 49.6 Å². The Hall–Kier alpha value is -2.44. The predicted molar refractivity (Wildman–Crippen MR) is 95.5 cm³/mol. The van der Waals surface area contributed by atoms with E-state index >= 15 is 0 Å². The van der Waals surface area contributed by atoms with Gasteiger partial charge in [-0.1, -0.05) is 18.2 Å². The van der Waals surface area contributed by atoms with Gasteiger partial charge >= 0.3 is 0 Å². The molecule has 0 spiro atoms. The Morgan fingerprint density at radius 2 is 2.20 bits per heavy atom. The summed E-state index contributed by atoms with van der Waals surface area (Å²) < 4.78 is 11.0. The van der Waals surface area contributed by atoms with Crippen LogP contribution in [-0.2, 0) is 16.1 Å². The van der Waals surface area contributed by atoms with Crippen molar-refractivity contribution >= 4 is 11.7 Å². The van der Waals surface area contributed by atoms with E-state index in [4.69, 9.17) is 9.47 Å². The lowest BCUT2D eigenvalue weighted by Crippen LogP contribution is -2.42. The topological polar surface area (TPSA) is 63.7 Å². The predicted octanol–water partition coefficient (Wildman–Crippen LogP) is 2.48. The zero-order chi connectivity index (χ0) is 17.6. The van der Waals surface area contributed by atoms with Crippen LogP contribution < -0.4 is 5.32 Å². The van der Waals surface area contributed by atoms with Crippen LogP contribution in [0.1, 0.15) is 27.7 Å². The molecule has 0 saturated carbocycles. The number of rotatable bonds is 5. The van der Waals surface area contributed by atoms with Crippen LogP contribution in [0.2, 0.25) is 0 Å². The fourth-order valence-corrected chi connectivity index (χ4v) is 2.93. The van der Waals surface area contributed by atoms with Crippen molar-refractivity contribution in [2.75, 3.05) is 39.2 Å². The van der Waals surface area contributed by atoms with E-state index in [-0.39, 0.29) is 12.0 Å². The molecule has 1 aliphatic rings. The van der Waals surface area contributed by atoms with Gasteiger partial charge in [0, 0.05) is 26.3 Å². The number of hydrogen-bond acceptors (Lipinski definition) is 5. The molecule has 25 heavy (non-hydrogen) atoms. The highest BCUT2D eigenvalue weighted by atomic mass is 16.5. The Labute approximate surface area is 147 Å². The van der Waals surface area contributed by atoms with Crippen molar-refractivity contribution in [2.24, 2.45) is 0 Å². The van der Waals surface area contributed by atoms with Crippen LogP contribution in [0.25, 0.3) is 0 Å². The molecular formula is C19H23N3O3. The maximum absolute atomic E-state index is 12.9. The number of aromatic nitrogens is 1. The summed E-state index contributed by atoms with van der Waals surface area (Å²) in [5, 5.41) is 3.03. The number of ether oxygens (including phenoxy) is 2. The molecule has 1 atom stereocenters. The minimum atomic E-state index is -0.215. The van der Waals surface area contributed by atoms with E-state index in [1.54, 1.807) is 7.11 Å². The van der Waals surface area contributed by atoms with Crippen molar-refractivity contribution in [3.05, 3.63) is 59.3 Å². The van der Waals surface area contributed by atoms with Crippen molar-refractivity contribution in [3.8, 4) is 0 Å². The molecule has 0 bridgehead atoms. The van der Waals surface area contributed by atoms with Crippen molar-refractivity contribution in [3.63, 3.8) is 0 Å². The number of carbonyl (C=O) groups is 1. The van der Waals surface area contributed by atoms with E-state index in [1.165, 1.54) is 0 Å². The van der Waals surface area contributed by atoms with Gasteiger partial charge in [-0.15, -0.1) is 0 Å². The molecule has 1 unspecified atom stereocenters. The number of pyridine rings is 1. The molecule has 0 aliphatic carbocycles. The number of benzene rings is 1. The van der Waals surface area contributed by atoms with Crippen LogP contribution in [0, 0.1) is 0 Å². The molecule has 1 saturated heterocycles. The van der Waals surface area contributed by atoms with E-state index in [0.717, 1.165) is 17.1 Å². The first-order valence-electron chi connectivity index (χ1n) is 8.34. The smallest absolute Gasteiger partial charge is 0.254 e. The summed E-state index contributed by atoms with van der Waals surface area (Å²) in [6, 6.07) is 13.3. The summed E-state index contributed by atoms with van der Waals surface area (Å²) in [4.78, 5) is 19.2. The first kappa shape index (κ1) is 17.4. The summed E-state index contributed by atoms with van der Waals surface area (Å²) in [5.74, 6) is 0.799. The average molecular weight is 341 g/mol. The van der Waals surface area contributed by atoms with Crippen LogP contribution in [0.3, 0.4) is 0 Å². The molecule has 1 aromatic carbocycles. The fourth-order valence-electron chi connectivity index (χ4n) is 2.93. The van der Waals surface area contributed by atoms with Gasteiger partial charge in [0.15, 0.2) is 0 Å². The van der Waals surface area contributed by atoms with Gasteiger partial charge in [0.1, 0.15) is 11.9 Å². The number of carbonyl (C=O) groups excluding carboxylic acids is 1. The first-order valence-corrected chi connectivity index (χ1v) is 8.34. The third kappa shape index (κ3) is 4.15. The fraction of sp³-hybridized carbons (Fsp3) is 0.368. The van der Waals surface area contributed by atoms with Crippen LogP contribution in [0.4, 0.5) is 5.82 Å². The Bertz CT molecular complexity index is 735. The van der Waals surface area contributed by atoms with Crippen molar-refractivity contribution < 1.29 is 14.3 Å². The van der Waals surface area contributed by atoms with E-state index in [0.29, 0.717) is 31.9 Å². The third-order valence-electron chi connectivity index (χ3n) is 4.20. The SMILES string of the molecule is CNc1cccc(C2CN(C(=O)c3cccc(COC)c3)CCO2)n1. The largest absolute Gasteiger partial charge is 0.380 e. The summed E-state index contributed by atoms with van der Waals surface area (Å²) in [6.45, 7) is 2.07. The molecule has 6 nitrogen and oxygen atoms in total. The Morgan fingerprint density at radius 1 is 1.36 bits per heavy atom. The average Bonchev–Trinajstić information content (AvgIpc) is 2.68. The number of anilines is 1. The van der Waals surface area contributed by atoms with Crippen molar-refractivity contribution in [1.82, 2.24) is 9.88 Å². The van der Waals surface area contributed by atoms with Crippen molar-refractivity contribution in [2.45, 2.75) is 12.7 Å². The highest BCUT2D eigenvalue weighted by molar-refractivity contribution is 5.94. The second kappa shape index (κ2) is 8.09. The molecule has 132 valence electrons. The van der Waals surface area contributed by atoms with Crippen molar-refractivity contribution in [1.29, 1.82) is 0 Å². The van der Waals surface area contributed by atoms with Gasteiger partial charge in [-0.3, -0.25) is 4.79 Å². The molecule has 2 aromatic rings. The molecule has 1 N–H and O–H groups in total. The number of hydrogen-bond donors (Lipinski definition) is 1. The van der Waals surface area contributed by atoms with E-state index in [9.17, 15) is 4.79 Å². The quantitative estimate of drug-likeness (QED) is 0.905. The summed E-state index contributed by atoms with van der Waals surface area (Å²) in [6.07, 6.45) is -0.215. The second-order valence-corrected chi connectivity index (χ2v) is 5.94. The van der Waals surface area contributed by atoms with Crippen LogP contribution in [0.15, 0.2) is 42.5 Å². The lowest BCUT2D eigenvalue weighted by atomic mass is 10.1. The molecule has 1 aromatic heterocycles. The molecule has 1 amide bonds. The summed E-state index contributed by atoms with van der Waals surface area (Å²) >= 11 is 0. The Kier molecular flexibility index (Phi) is 5.63. The number of nitrogens with zero attached hydrogens (tertiary/aromatic N) is 2. The zero-order valence-electron chi connectivity index (χ0n) is 14.6. The number of amides is 1. The molecular weight excluding hydrogens is 318 g/mol. The van der Waals surface area contributed by atoms with E-state index < -0.39 is 0 Å². The maximum atomic E-state index is 12.9. The van der Waals surface area contributed by atoms with Gasteiger partial charge < -0.3 is 19.7 Å². The molecule has 2 heterocycles. The Balaban J connectivity index is 1.74. The monoisotopic (exact) mass is 341 g/mol. The Morgan fingerprint density at radius 3 is 3.00 bits per heavy atom.